The van der Waals surface area contributed by atoms with Crippen molar-refractivity contribution in [2.24, 2.45) is 0 Å². The van der Waals surface area contributed by atoms with Crippen molar-refractivity contribution in [3.8, 4) is 0 Å². The lowest BCUT2D eigenvalue weighted by Gasteiger charge is -2.42. The summed E-state index contributed by atoms with van der Waals surface area (Å²) in [5, 5.41) is 11.7. The molecule has 0 spiro atoms. The van der Waals surface area contributed by atoms with Crippen molar-refractivity contribution in [2.75, 3.05) is 6.54 Å². The molecule has 1 aliphatic rings. The van der Waals surface area contributed by atoms with Gasteiger partial charge in [-0.2, -0.15) is 26.3 Å². The van der Waals surface area contributed by atoms with Gasteiger partial charge in [-0.3, -0.25) is 4.74 Å². The van der Waals surface area contributed by atoms with E-state index in [4.69, 9.17) is 0 Å². The third-order valence-corrected chi connectivity index (χ3v) is 4.77. The summed E-state index contributed by atoms with van der Waals surface area (Å²) in [6.07, 6.45) is -19.6. The van der Waals surface area contributed by atoms with E-state index in [1.165, 1.54) is 6.07 Å². The van der Waals surface area contributed by atoms with Crippen molar-refractivity contribution >= 4 is 0 Å². The SMILES string of the molecule is OC(CNC1(Cc2cccc(C(F)(F)F)n2)CCCC(OC(F)(F)F)C1)C(F)(F)F. The fraction of sp³-hybridized carbons (Fsp3) is 0.706. The Balaban J connectivity index is 2.27. The third kappa shape index (κ3) is 7.27. The molecule has 1 fully saturated rings. The number of alkyl halides is 9. The number of halogens is 9. The van der Waals surface area contributed by atoms with Crippen LogP contribution in [-0.2, 0) is 17.3 Å². The summed E-state index contributed by atoms with van der Waals surface area (Å²) < 4.78 is 118. The number of β-amino-alcohol motifs (C(OH)–C–C–N with tert-alkyl or cyclic N) is 1. The molecular weight excluding hydrogens is 435 g/mol. The molecule has 0 aromatic carbocycles. The second kappa shape index (κ2) is 8.87. The van der Waals surface area contributed by atoms with Gasteiger partial charge in [-0.25, -0.2) is 4.98 Å². The van der Waals surface area contributed by atoms with E-state index in [0.717, 1.165) is 6.07 Å². The smallest absolute Gasteiger partial charge is 0.382 e. The van der Waals surface area contributed by atoms with Crippen LogP contribution in [0.3, 0.4) is 0 Å². The molecule has 1 aromatic rings. The number of nitrogens with zero attached hydrogens (tertiary/aromatic N) is 1. The number of aromatic nitrogens is 1. The van der Waals surface area contributed by atoms with Gasteiger partial charge in [-0.15, -0.1) is 13.2 Å². The van der Waals surface area contributed by atoms with E-state index >= 15 is 0 Å². The molecule has 1 aliphatic carbocycles. The van der Waals surface area contributed by atoms with Gasteiger partial charge in [0.25, 0.3) is 0 Å². The Bertz CT molecular complexity index is 706. The van der Waals surface area contributed by atoms with E-state index in [9.17, 15) is 44.6 Å². The van der Waals surface area contributed by atoms with Gasteiger partial charge in [-0.1, -0.05) is 6.07 Å². The van der Waals surface area contributed by atoms with Crippen LogP contribution >= 0.6 is 0 Å². The van der Waals surface area contributed by atoms with Crippen molar-refractivity contribution in [3.05, 3.63) is 29.6 Å². The van der Waals surface area contributed by atoms with E-state index < -0.39 is 55.1 Å². The Labute approximate surface area is 165 Å². The molecule has 1 saturated carbocycles. The van der Waals surface area contributed by atoms with E-state index in [0.29, 0.717) is 6.07 Å². The molecular formula is C17H19F9N2O2. The van der Waals surface area contributed by atoms with Crippen molar-refractivity contribution in [2.45, 2.75) is 68.6 Å². The Morgan fingerprint density at radius 1 is 1.13 bits per heavy atom. The van der Waals surface area contributed by atoms with E-state index in [2.05, 4.69) is 15.0 Å². The highest BCUT2D eigenvalue weighted by atomic mass is 19.4. The van der Waals surface area contributed by atoms with Gasteiger partial charge < -0.3 is 10.4 Å². The van der Waals surface area contributed by atoms with Crippen LogP contribution in [0.5, 0.6) is 0 Å². The zero-order valence-electron chi connectivity index (χ0n) is 15.3. The maximum atomic E-state index is 12.9. The highest BCUT2D eigenvalue weighted by molar-refractivity contribution is 5.17. The third-order valence-electron chi connectivity index (χ3n) is 4.77. The minimum Gasteiger partial charge on any atom is -0.382 e. The molecule has 3 unspecified atom stereocenters. The zero-order chi connectivity index (χ0) is 22.8. The van der Waals surface area contributed by atoms with Crippen LogP contribution in [-0.4, -0.2) is 46.9 Å². The average Bonchev–Trinajstić information content (AvgIpc) is 2.57. The molecule has 30 heavy (non-hydrogen) atoms. The normalized spacial score (nSPS) is 24.7. The van der Waals surface area contributed by atoms with Gasteiger partial charge in [0.2, 0.25) is 0 Å². The summed E-state index contributed by atoms with van der Waals surface area (Å²) >= 11 is 0. The predicted octanol–water partition coefficient (Wildman–Crippen LogP) is 4.37. The first-order valence-electron chi connectivity index (χ1n) is 8.87. The first kappa shape index (κ1) is 24.7. The maximum Gasteiger partial charge on any atom is 0.522 e. The average molecular weight is 454 g/mol. The molecule has 172 valence electrons. The summed E-state index contributed by atoms with van der Waals surface area (Å²) in [4.78, 5) is 3.45. The topological polar surface area (TPSA) is 54.4 Å². The van der Waals surface area contributed by atoms with Gasteiger partial charge in [-0.05, 0) is 37.8 Å². The first-order chi connectivity index (χ1) is 13.6. The summed E-state index contributed by atoms with van der Waals surface area (Å²) in [6.45, 7) is -1.04. The van der Waals surface area contributed by atoms with Crippen LogP contribution in [0.4, 0.5) is 39.5 Å². The minimum absolute atomic E-state index is 0.0270. The summed E-state index contributed by atoms with van der Waals surface area (Å²) in [7, 11) is 0. The van der Waals surface area contributed by atoms with E-state index in [-0.39, 0.29) is 31.4 Å². The van der Waals surface area contributed by atoms with Crippen molar-refractivity contribution < 1.29 is 49.4 Å². The summed E-state index contributed by atoms with van der Waals surface area (Å²) in [6, 6.07) is 2.95. The molecule has 2 rings (SSSR count). The highest BCUT2D eigenvalue weighted by Crippen LogP contribution is 2.36. The van der Waals surface area contributed by atoms with Gasteiger partial charge in [0, 0.05) is 24.2 Å². The molecule has 0 radical (unpaired) electrons. The predicted molar refractivity (Wildman–Crippen MR) is 85.1 cm³/mol. The van der Waals surface area contributed by atoms with Crippen LogP contribution in [0, 0.1) is 0 Å². The van der Waals surface area contributed by atoms with Crippen molar-refractivity contribution in [1.82, 2.24) is 10.3 Å². The van der Waals surface area contributed by atoms with Crippen molar-refractivity contribution in [3.63, 3.8) is 0 Å². The molecule has 3 atom stereocenters. The fourth-order valence-electron chi connectivity index (χ4n) is 3.49. The minimum atomic E-state index is -4.98. The lowest BCUT2D eigenvalue weighted by atomic mass is 9.76. The number of pyridine rings is 1. The van der Waals surface area contributed by atoms with Gasteiger partial charge >= 0.3 is 18.7 Å². The lowest BCUT2D eigenvalue weighted by molar-refractivity contribution is -0.347. The lowest BCUT2D eigenvalue weighted by Crippen LogP contribution is -2.56. The van der Waals surface area contributed by atoms with Crippen LogP contribution in [0.25, 0.3) is 0 Å². The molecule has 0 bridgehead atoms. The number of nitrogens with one attached hydrogen (secondary N) is 1. The molecule has 0 amide bonds. The highest BCUT2D eigenvalue weighted by Gasteiger charge is 2.45. The van der Waals surface area contributed by atoms with Crippen LogP contribution in [0.15, 0.2) is 18.2 Å². The Morgan fingerprint density at radius 2 is 1.80 bits per heavy atom. The quantitative estimate of drug-likeness (QED) is 0.627. The number of hydrogen-bond donors (Lipinski definition) is 2. The number of aliphatic hydroxyl groups is 1. The Hall–Kier alpha value is -1.60. The molecule has 2 N–H and O–H groups in total. The number of rotatable bonds is 6. The fourth-order valence-corrected chi connectivity index (χ4v) is 3.49. The standard InChI is InChI=1S/C17H19F9N2O2/c18-15(19,20)12-5-1-3-10(28-12)7-14(27-9-13(29)16(21,22)23)6-2-4-11(8-14)30-17(24,25)26/h1,3,5,11,13,27,29H,2,4,6-9H2. The van der Waals surface area contributed by atoms with Crippen LogP contribution in [0.2, 0.25) is 0 Å². The molecule has 0 saturated heterocycles. The Kier molecular flexibility index (Phi) is 7.29. The first-order valence-corrected chi connectivity index (χ1v) is 8.87. The Morgan fingerprint density at radius 3 is 2.37 bits per heavy atom. The number of aliphatic hydroxyl groups excluding tert-OH is 1. The molecule has 0 aliphatic heterocycles. The van der Waals surface area contributed by atoms with Crippen LogP contribution < -0.4 is 5.32 Å². The molecule has 4 nitrogen and oxygen atoms in total. The second-order valence-electron chi connectivity index (χ2n) is 7.19. The van der Waals surface area contributed by atoms with E-state index in [1.54, 1.807) is 0 Å². The zero-order valence-corrected chi connectivity index (χ0v) is 15.3. The van der Waals surface area contributed by atoms with Gasteiger partial charge in [0.05, 0.1) is 6.10 Å². The van der Waals surface area contributed by atoms with Crippen molar-refractivity contribution in [1.29, 1.82) is 0 Å². The van der Waals surface area contributed by atoms with Crippen LogP contribution in [0.1, 0.15) is 37.1 Å². The van der Waals surface area contributed by atoms with Gasteiger partial charge in [0.15, 0.2) is 6.10 Å². The summed E-state index contributed by atoms with van der Waals surface area (Å²) in [5.41, 5.74) is -2.87. The van der Waals surface area contributed by atoms with E-state index in [1.807, 2.05) is 0 Å². The number of ether oxygens (including phenoxy) is 1. The molecule has 1 heterocycles. The molecule has 13 heteroatoms. The second-order valence-corrected chi connectivity index (χ2v) is 7.19. The monoisotopic (exact) mass is 454 g/mol. The number of hydrogen-bond acceptors (Lipinski definition) is 4. The largest absolute Gasteiger partial charge is 0.522 e. The maximum absolute atomic E-state index is 12.9. The summed E-state index contributed by atoms with van der Waals surface area (Å²) in [5.74, 6) is 0. The van der Waals surface area contributed by atoms with Gasteiger partial charge in [0.1, 0.15) is 5.69 Å². The molecule has 1 aromatic heterocycles.